The molecule has 1 aliphatic rings. The monoisotopic (exact) mass is 356 g/mol. The number of aromatic nitrogens is 4. The summed E-state index contributed by atoms with van der Waals surface area (Å²) in [5, 5.41) is 26.7. The number of aliphatic hydroxyl groups excluding tert-OH is 1. The van der Waals surface area contributed by atoms with E-state index in [1.807, 2.05) is 0 Å². The third kappa shape index (κ3) is 2.95. The van der Waals surface area contributed by atoms with Crippen LogP contribution in [-0.2, 0) is 4.74 Å². The number of nitrogens with one attached hydrogen (secondary N) is 1. The summed E-state index contributed by atoms with van der Waals surface area (Å²) in [6, 6.07) is 6.44. The van der Waals surface area contributed by atoms with E-state index in [1.165, 1.54) is 12.4 Å². The van der Waals surface area contributed by atoms with E-state index in [-0.39, 0.29) is 41.8 Å². The van der Waals surface area contributed by atoms with Crippen molar-refractivity contribution < 1.29 is 14.9 Å². The van der Waals surface area contributed by atoms with Gasteiger partial charge >= 0.3 is 0 Å². The molecule has 1 saturated heterocycles. The average molecular weight is 356 g/mol. The lowest BCUT2D eigenvalue weighted by Crippen LogP contribution is -2.15. The summed E-state index contributed by atoms with van der Waals surface area (Å²) in [5.41, 5.74) is 0.302. The first kappa shape index (κ1) is 16.4. The lowest BCUT2D eigenvalue weighted by Gasteiger charge is -2.13. The molecule has 2 unspecified atom stereocenters. The molecule has 3 heterocycles. The van der Waals surface area contributed by atoms with Gasteiger partial charge in [-0.2, -0.15) is 4.98 Å². The van der Waals surface area contributed by atoms with E-state index in [9.17, 15) is 15.0 Å². The molecule has 3 aromatic rings. The number of para-hydroxylation sites is 1. The number of rotatable bonds is 4. The number of ether oxygens (including phenoxy) is 1. The highest BCUT2D eigenvalue weighted by Crippen LogP contribution is 2.30. The maximum Gasteiger partial charge on any atom is 0.280 e. The molecule has 1 aromatic carbocycles. The SMILES string of the molecule is O=c1[nH]c(N=Nc2ccccc2O)nc2c1ncn2C1CCC(CO)O1. The molecule has 10 nitrogen and oxygen atoms in total. The summed E-state index contributed by atoms with van der Waals surface area (Å²) >= 11 is 0. The van der Waals surface area contributed by atoms with E-state index in [4.69, 9.17) is 4.74 Å². The number of aromatic hydroxyl groups is 1. The van der Waals surface area contributed by atoms with Crippen LogP contribution in [0.5, 0.6) is 5.75 Å². The Morgan fingerprint density at radius 1 is 1.31 bits per heavy atom. The van der Waals surface area contributed by atoms with Crippen molar-refractivity contribution in [3.05, 3.63) is 40.9 Å². The zero-order chi connectivity index (χ0) is 18.1. The second-order valence-corrected chi connectivity index (χ2v) is 5.87. The van der Waals surface area contributed by atoms with Crippen LogP contribution in [-0.4, -0.2) is 42.4 Å². The van der Waals surface area contributed by atoms with Crippen molar-refractivity contribution in [2.24, 2.45) is 10.2 Å². The minimum Gasteiger partial charge on any atom is -0.506 e. The number of hydrogen-bond acceptors (Lipinski definition) is 8. The highest BCUT2D eigenvalue weighted by Gasteiger charge is 2.27. The first-order valence-electron chi connectivity index (χ1n) is 8.08. The predicted molar refractivity (Wildman–Crippen MR) is 90.7 cm³/mol. The van der Waals surface area contributed by atoms with Crippen LogP contribution in [0.4, 0.5) is 11.6 Å². The van der Waals surface area contributed by atoms with Crippen LogP contribution in [0, 0.1) is 0 Å². The standard InChI is InChI=1S/C16H16N6O4/c23-7-9-5-6-12(26-9)22-8-17-13-14(22)18-16(19-15(13)25)21-20-10-3-1-2-4-11(10)24/h1-4,8-9,12,23-24H,5-7H2,(H,18,19,25). The van der Waals surface area contributed by atoms with Crippen LogP contribution in [0.2, 0.25) is 0 Å². The molecule has 0 saturated carbocycles. The Kier molecular flexibility index (Phi) is 4.19. The van der Waals surface area contributed by atoms with Crippen molar-refractivity contribution in [1.29, 1.82) is 0 Å². The summed E-state index contributed by atoms with van der Waals surface area (Å²) in [6.45, 7) is -0.0584. The number of H-pyrrole nitrogens is 1. The number of fused-ring (bicyclic) bond motifs is 1. The van der Waals surface area contributed by atoms with E-state index in [2.05, 4.69) is 25.2 Å². The minimum absolute atomic E-state index is 0.00999. The fourth-order valence-corrected chi connectivity index (χ4v) is 2.85. The molecule has 1 aliphatic heterocycles. The Morgan fingerprint density at radius 2 is 2.15 bits per heavy atom. The zero-order valence-corrected chi connectivity index (χ0v) is 13.6. The van der Waals surface area contributed by atoms with E-state index < -0.39 is 5.56 Å². The lowest BCUT2D eigenvalue weighted by molar-refractivity contribution is -0.0207. The fraction of sp³-hybridized carbons (Fsp3) is 0.312. The molecule has 2 aromatic heterocycles. The Balaban J connectivity index is 1.70. The summed E-state index contributed by atoms with van der Waals surface area (Å²) in [7, 11) is 0. The maximum absolute atomic E-state index is 12.2. The lowest BCUT2D eigenvalue weighted by atomic mass is 10.2. The van der Waals surface area contributed by atoms with E-state index >= 15 is 0 Å². The van der Waals surface area contributed by atoms with Crippen LogP contribution >= 0.6 is 0 Å². The molecule has 0 aliphatic carbocycles. The zero-order valence-electron chi connectivity index (χ0n) is 13.6. The van der Waals surface area contributed by atoms with Gasteiger partial charge in [0, 0.05) is 0 Å². The molecule has 134 valence electrons. The molecule has 2 atom stereocenters. The van der Waals surface area contributed by atoms with Crippen molar-refractivity contribution in [1.82, 2.24) is 19.5 Å². The van der Waals surface area contributed by atoms with Gasteiger partial charge in [0.25, 0.3) is 11.5 Å². The van der Waals surface area contributed by atoms with E-state index in [0.29, 0.717) is 18.5 Å². The number of phenols is 1. The van der Waals surface area contributed by atoms with Crippen molar-refractivity contribution in [2.75, 3.05) is 6.61 Å². The molecule has 0 amide bonds. The molecule has 26 heavy (non-hydrogen) atoms. The highest BCUT2D eigenvalue weighted by atomic mass is 16.5. The average Bonchev–Trinajstić information content (AvgIpc) is 3.27. The van der Waals surface area contributed by atoms with Crippen molar-refractivity contribution >= 4 is 22.8 Å². The Labute approximate surface area is 146 Å². The van der Waals surface area contributed by atoms with Crippen LogP contribution in [0.3, 0.4) is 0 Å². The van der Waals surface area contributed by atoms with Gasteiger partial charge in [-0.05, 0) is 25.0 Å². The van der Waals surface area contributed by atoms with Gasteiger partial charge < -0.3 is 14.9 Å². The summed E-state index contributed by atoms with van der Waals surface area (Å²) < 4.78 is 7.37. The topological polar surface area (TPSA) is 138 Å². The third-order valence-corrected chi connectivity index (χ3v) is 4.15. The van der Waals surface area contributed by atoms with Gasteiger partial charge in [0.2, 0.25) is 0 Å². The number of aromatic amines is 1. The Bertz CT molecular complexity index is 1030. The number of aliphatic hydroxyl groups is 1. The minimum atomic E-state index is -0.448. The van der Waals surface area contributed by atoms with Gasteiger partial charge in [0.05, 0.1) is 19.0 Å². The van der Waals surface area contributed by atoms with Crippen molar-refractivity contribution in [2.45, 2.75) is 25.2 Å². The first-order valence-corrected chi connectivity index (χ1v) is 8.08. The second kappa shape index (κ2) is 6.65. The predicted octanol–water partition coefficient (Wildman–Crippen LogP) is 1.91. The third-order valence-electron chi connectivity index (χ3n) is 4.15. The van der Waals surface area contributed by atoms with Crippen LogP contribution in [0.15, 0.2) is 45.6 Å². The van der Waals surface area contributed by atoms with Gasteiger partial charge in [-0.3, -0.25) is 14.3 Å². The van der Waals surface area contributed by atoms with Crippen molar-refractivity contribution in [3.63, 3.8) is 0 Å². The molecule has 4 rings (SSSR count). The van der Waals surface area contributed by atoms with E-state index in [1.54, 1.807) is 22.8 Å². The molecular weight excluding hydrogens is 340 g/mol. The van der Waals surface area contributed by atoms with Crippen LogP contribution < -0.4 is 5.56 Å². The second-order valence-electron chi connectivity index (χ2n) is 5.87. The van der Waals surface area contributed by atoms with Crippen LogP contribution in [0.25, 0.3) is 11.2 Å². The number of azo groups is 1. The highest BCUT2D eigenvalue weighted by molar-refractivity contribution is 5.70. The molecule has 0 radical (unpaired) electrons. The largest absolute Gasteiger partial charge is 0.506 e. The molecule has 0 spiro atoms. The molecule has 0 bridgehead atoms. The number of phenolic OH excluding ortho intramolecular Hbond substituents is 1. The number of imidazole rings is 1. The normalized spacial score (nSPS) is 20.3. The molecule has 10 heteroatoms. The van der Waals surface area contributed by atoms with Gasteiger partial charge in [-0.1, -0.05) is 12.1 Å². The molecule has 3 N–H and O–H groups in total. The molecular formula is C16H16N6O4. The van der Waals surface area contributed by atoms with Crippen molar-refractivity contribution in [3.8, 4) is 5.75 Å². The number of hydrogen-bond donors (Lipinski definition) is 3. The van der Waals surface area contributed by atoms with Gasteiger partial charge in [-0.25, -0.2) is 4.98 Å². The van der Waals surface area contributed by atoms with E-state index in [0.717, 1.165) is 0 Å². The summed E-state index contributed by atoms with van der Waals surface area (Å²) in [5.74, 6) is -0.0386. The van der Waals surface area contributed by atoms with Crippen LogP contribution in [0.1, 0.15) is 19.1 Å². The maximum atomic E-state index is 12.2. The summed E-state index contributed by atoms with van der Waals surface area (Å²) in [6.07, 6.45) is 2.29. The number of nitrogens with zero attached hydrogens (tertiary/aromatic N) is 5. The van der Waals surface area contributed by atoms with Gasteiger partial charge in [0.15, 0.2) is 11.2 Å². The van der Waals surface area contributed by atoms with Gasteiger partial charge in [0.1, 0.15) is 17.7 Å². The quantitative estimate of drug-likeness (QED) is 0.610. The number of benzene rings is 1. The van der Waals surface area contributed by atoms with Gasteiger partial charge in [-0.15, -0.1) is 10.2 Å². The summed E-state index contributed by atoms with van der Waals surface area (Å²) in [4.78, 5) is 23.1. The smallest absolute Gasteiger partial charge is 0.280 e. The first-order chi connectivity index (χ1) is 12.7. The molecule has 1 fully saturated rings. The fourth-order valence-electron chi connectivity index (χ4n) is 2.85. The Morgan fingerprint density at radius 3 is 2.92 bits per heavy atom. The Hall–Kier alpha value is -3.11.